The minimum Gasteiger partial charge on any atom is -0.507 e. The van der Waals surface area contributed by atoms with Crippen LogP contribution in [0.3, 0.4) is 0 Å². The first-order valence-electron chi connectivity index (χ1n) is 5.67. The summed E-state index contributed by atoms with van der Waals surface area (Å²) in [5, 5.41) is 10.1. The first kappa shape index (κ1) is 14.0. The molecule has 1 saturated heterocycles. The molecule has 1 aromatic rings. The van der Waals surface area contributed by atoms with Crippen molar-refractivity contribution in [1.82, 2.24) is 4.90 Å². The number of hydrogen-bond donors (Lipinski definition) is 2. The Morgan fingerprint density at radius 2 is 2.32 bits per heavy atom. The molecule has 7 heteroatoms. The fraction of sp³-hybridized carbons (Fsp3) is 0.333. The highest BCUT2D eigenvalue weighted by atomic mass is 35.5. The van der Waals surface area contributed by atoms with Gasteiger partial charge < -0.3 is 20.5 Å². The van der Waals surface area contributed by atoms with Crippen LogP contribution in [0.25, 0.3) is 0 Å². The number of amides is 1. The van der Waals surface area contributed by atoms with Gasteiger partial charge in [-0.1, -0.05) is 23.8 Å². The minimum atomic E-state index is -0.450. The summed E-state index contributed by atoms with van der Waals surface area (Å²) >= 11 is 10.7. The van der Waals surface area contributed by atoms with E-state index in [4.69, 9.17) is 34.3 Å². The van der Waals surface area contributed by atoms with E-state index in [-0.39, 0.29) is 28.8 Å². The predicted molar refractivity (Wildman–Crippen MR) is 75.5 cm³/mol. The van der Waals surface area contributed by atoms with E-state index in [0.717, 1.165) is 0 Å². The van der Waals surface area contributed by atoms with Crippen molar-refractivity contribution in [3.8, 4) is 5.75 Å². The highest BCUT2D eigenvalue weighted by Gasteiger charge is 2.27. The number of nitrogens with zero attached hydrogens (tertiary/aromatic N) is 1. The molecule has 1 atom stereocenters. The molecule has 2 rings (SSSR count). The lowest BCUT2D eigenvalue weighted by Crippen LogP contribution is -2.49. The van der Waals surface area contributed by atoms with Crippen molar-refractivity contribution in [3.05, 3.63) is 28.8 Å². The molecule has 19 heavy (non-hydrogen) atoms. The van der Waals surface area contributed by atoms with Crippen LogP contribution >= 0.6 is 23.8 Å². The van der Waals surface area contributed by atoms with Crippen molar-refractivity contribution in [3.63, 3.8) is 0 Å². The maximum Gasteiger partial charge on any atom is 0.257 e. The van der Waals surface area contributed by atoms with Gasteiger partial charge in [0.15, 0.2) is 0 Å². The van der Waals surface area contributed by atoms with Crippen LogP contribution in [-0.4, -0.2) is 46.7 Å². The van der Waals surface area contributed by atoms with E-state index in [0.29, 0.717) is 18.2 Å². The van der Waals surface area contributed by atoms with Crippen LogP contribution in [0.15, 0.2) is 18.2 Å². The van der Waals surface area contributed by atoms with E-state index >= 15 is 0 Å². The fourth-order valence-electron chi connectivity index (χ4n) is 1.86. The number of benzene rings is 1. The second-order valence-corrected chi connectivity index (χ2v) is 5.08. The van der Waals surface area contributed by atoms with Gasteiger partial charge in [0, 0.05) is 11.6 Å². The van der Waals surface area contributed by atoms with Gasteiger partial charge in [-0.15, -0.1) is 0 Å². The predicted octanol–water partition coefficient (Wildman–Crippen LogP) is 1.17. The monoisotopic (exact) mass is 300 g/mol. The summed E-state index contributed by atoms with van der Waals surface area (Å²) in [6.07, 6.45) is -0.450. The Labute approximate surface area is 120 Å². The van der Waals surface area contributed by atoms with Gasteiger partial charge in [0.1, 0.15) is 16.8 Å². The molecular formula is C12H13ClN2O3S. The van der Waals surface area contributed by atoms with E-state index in [1.165, 1.54) is 18.2 Å². The Morgan fingerprint density at radius 3 is 3.00 bits per heavy atom. The lowest BCUT2D eigenvalue weighted by Gasteiger charge is -2.32. The maximum atomic E-state index is 12.3. The van der Waals surface area contributed by atoms with Crippen LogP contribution in [0.4, 0.5) is 0 Å². The fourth-order valence-corrected chi connectivity index (χ4v) is 2.17. The average molecular weight is 301 g/mol. The molecule has 1 amide bonds. The third kappa shape index (κ3) is 3.15. The Balaban J connectivity index is 2.19. The molecular weight excluding hydrogens is 288 g/mol. The van der Waals surface area contributed by atoms with Crippen molar-refractivity contribution >= 4 is 34.7 Å². The van der Waals surface area contributed by atoms with E-state index in [2.05, 4.69) is 0 Å². The molecule has 0 bridgehead atoms. The highest BCUT2D eigenvalue weighted by molar-refractivity contribution is 7.80. The summed E-state index contributed by atoms with van der Waals surface area (Å²) in [7, 11) is 0. The zero-order valence-corrected chi connectivity index (χ0v) is 11.6. The zero-order valence-electron chi connectivity index (χ0n) is 10.0. The van der Waals surface area contributed by atoms with Gasteiger partial charge in [-0.25, -0.2) is 0 Å². The minimum absolute atomic E-state index is 0.104. The number of rotatable bonds is 2. The third-order valence-corrected chi connectivity index (χ3v) is 3.36. The van der Waals surface area contributed by atoms with Gasteiger partial charge in [-0.3, -0.25) is 4.79 Å². The standard InChI is InChI=1S/C12H13ClN2O3S/c13-7-1-2-9(16)8(5-7)12(17)15-3-4-18-10(6-15)11(14)19/h1-2,5,10,16H,3-4,6H2,(H2,14,19). The molecule has 1 aliphatic heterocycles. The molecule has 0 saturated carbocycles. The average Bonchev–Trinajstić information content (AvgIpc) is 2.41. The molecule has 1 unspecified atom stereocenters. The summed E-state index contributed by atoms with van der Waals surface area (Å²) in [5.41, 5.74) is 5.68. The van der Waals surface area contributed by atoms with E-state index in [1.54, 1.807) is 4.90 Å². The van der Waals surface area contributed by atoms with Gasteiger partial charge in [-0.05, 0) is 18.2 Å². The molecule has 0 aliphatic carbocycles. The molecule has 0 aromatic heterocycles. The lowest BCUT2D eigenvalue weighted by molar-refractivity contribution is 0.00865. The quantitative estimate of drug-likeness (QED) is 0.802. The van der Waals surface area contributed by atoms with Crippen LogP contribution in [-0.2, 0) is 4.74 Å². The van der Waals surface area contributed by atoms with Crippen molar-refractivity contribution in [2.45, 2.75) is 6.10 Å². The Bertz CT molecular complexity index is 524. The van der Waals surface area contributed by atoms with E-state index in [1.807, 2.05) is 0 Å². The topological polar surface area (TPSA) is 75.8 Å². The second kappa shape index (κ2) is 5.73. The summed E-state index contributed by atoms with van der Waals surface area (Å²) in [6.45, 7) is 1.05. The molecule has 0 spiro atoms. The number of carbonyl (C=O) groups is 1. The third-order valence-electron chi connectivity index (χ3n) is 2.86. The summed E-state index contributed by atoms with van der Waals surface area (Å²) in [4.78, 5) is 14.1. The highest BCUT2D eigenvalue weighted by Crippen LogP contribution is 2.23. The van der Waals surface area contributed by atoms with E-state index < -0.39 is 6.10 Å². The number of phenols is 1. The van der Waals surface area contributed by atoms with Gasteiger partial charge in [0.05, 0.1) is 18.7 Å². The Hall–Kier alpha value is -1.37. The van der Waals surface area contributed by atoms with E-state index in [9.17, 15) is 9.90 Å². The number of aromatic hydroxyl groups is 1. The SMILES string of the molecule is NC(=S)C1CN(C(=O)c2cc(Cl)ccc2O)CCO1. The largest absolute Gasteiger partial charge is 0.507 e. The zero-order chi connectivity index (χ0) is 14.0. The van der Waals surface area contributed by atoms with Crippen molar-refractivity contribution in [1.29, 1.82) is 0 Å². The van der Waals surface area contributed by atoms with Crippen LogP contribution in [0.1, 0.15) is 10.4 Å². The number of morpholine rings is 1. The first-order valence-corrected chi connectivity index (χ1v) is 6.46. The van der Waals surface area contributed by atoms with Crippen molar-refractivity contribution in [2.75, 3.05) is 19.7 Å². The van der Waals surface area contributed by atoms with Gasteiger partial charge in [0.2, 0.25) is 0 Å². The molecule has 102 valence electrons. The number of hydrogen-bond acceptors (Lipinski definition) is 4. The normalized spacial score (nSPS) is 19.2. The van der Waals surface area contributed by atoms with Crippen molar-refractivity contribution < 1.29 is 14.6 Å². The number of thiocarbonyl (C=S) groups is 1. The number of halogens is 1. The molecule has 0 radical (unpaired) electrons. The molecule has 1 aliphatic rings. The molecule has 5 nitrogen and oxygen atoms in total. The second-order valence-electron chi connectivity index (χ2n) is 4.17. The van der Waals surface area contributed by atoms with Crippen molar-refractivity contribution in [2.24, 2.45) is 5.73 Å². The van der Waals surface area contributed by atoms with Crippen LogP contribution in [0.5, 0.6) is 5.75 Å². The summed E-state index contributed by atoms with van der Waals surface area (Å²) < 4.78 is 5.36. The number of ether oxygens (including phenoxy) is 1. The number of carbonyl (C=O) groups excluding carboxylic acids is 1. The molecule has 1 fully saturated rings. The van der Waals surface area contributed by atoms with Crippen LogP contribution in [0, 0.1) is 0 Å². The summed E-state index contributed by atoms with van der Waals surface area (Å²) in [5.74, 6) is -0.419. The van der Waals surface area contributed by atoms with Gasteiger partial charge >= 0.3 is 0 Å². The molecule has 3 N–H and O–H groups in total. The lowest BCUT2D eigenvalue weighted by atomic mass is 10.1. The van der Waals surface area contributed by atoms with Gasteiger partial charge in [0.25, 0.3) is 5.91 Å². The number of phenolic OH excluding ortho intramolecular Hbond substituents is 1. The molecule has 1 aromatic carbocycles. The first-order chi connectivity index (χ1) is 8.99. The van der Waals surface area contributed by atoms with Crippen LogP contribution in [0.2, 0.25) is 5.02 Å². The molecule has 1 heterocycles. The van der Waals surface area contributed by atoms with Gasteiger partial charge in [-0.2, -0.15) is 0 Å². The Morgan fingerprint density at radius 1 is 1.58 bits per heavy atom. The maximum absolute atomic E-state index is 12.3. The Kier molecular flexibility index (Phi) is 4.24. The summed E-state index contributed by atoms with van der Waals surface area (Å²) in [6, 6.07) is 4.34. The van der Waals surface area contributed by atoms with Crippen LogP contribution < -0.4 is 5.73 Å². The smallest absolute Gasteiger partial charge is 0.257 e. The number of nitrogens with two attached hydrogens (primary N) is 1.